The van der Waals surface area contributed by atoms with Crippen molar-refractivity contribution in [3.63, 3.8) is 0 Å². The number of alkyl halides is 1. The largest absolute Gasteiger partial charge is 0.328 e. The van der Waals surface area contributed by atoms with E-state index in [1.54, 1.807) is 12.1 Å². The first-order valence-corrected chi connectivity index (χ1v) is 7.02. The van der Waals surface area contributed by atoms with Crippen LogP contribution in [0.3, 0.4) is 0 Å². The molecule has 1 aromatic carbocycles. The molecule has 0 amide bonds. The summed E-state index contributed by atoms with van der Waals surface area (Å²) in [5.41, 5.74) is 1.77. The Labute approximate surface area is 111 Å². The maximum absolute atomic E-state index is 13.4. The standard InChI is InChI=1S/C14H16ClFN2/c15-7-5-14-17-12-4-3-11(16)9-13(12)18(14)8-6-10-1-2-10/h3-4,9-10H,1-2,5-8H2. The van der Waals surface area contributed by atoms with Gasteiger partial charge in [-0.2, -0.15) is 0 Å². The second-order valence-electron chi connectivity index (χ2n) is 4.98. The van der Waals surface area contributed by atoms with Crippen LogP contribution < -0.4 is 0 Å². The third kappa shape index (κ3) is 2.37. The number of fused-ring (bicyclic) bond motifs is 1. The fraction of sp³-hybridized carbons (Fsp3) is 0.500. The lowest BCUT2D eigenvalue weighted by molar-refractivity contribution is 0.586. The first-order valence-electron chi connectivity index (χ1n) is 6.48. The average molecular weight is 267 g/mol. The van der Waals surface area contributed by atoms with Crippen molar-refractivity contribution in [2.24, 2.45) is 5.92 Å². The van der Waals surface area contributed by atoms with Crippen molar-refractivity contribution in [2.75, 3.05) is 5.88 Å². The molecule has 0 saturated heterocycles. The van der Waals surface area contributed by atoms with E-state index in [9.17, 15) is 4.39 Å². The minimum Gasteiger partial charge on any atom is -0.328 e. The Morgan fingerprint density at radius 2 is 2.22 bits per heavy atom. The molecular formula is C14H16ClFN2. The highest BCUT2D eigenvalue weighted by molar-refractivity contribution is 6.17. The van der Waals surface area contributed by atoms with Gasteiger partial charge in [0.15, 0.2) is 0 Å². The van der Waals surface area contributed by atoms with Gasteiger partial charge < -0.3 is 4.57 Å². The maximum Gasteiger partial charge on any atom is 0.125 e. The van der Waals surface area contributed by atoms with E-state index in [4.69, 9.17) is 11.6 Å². The highest BCUT2D eigenvalue weighted by Crippen LogP contribution is 2.33. The minimum absolute atomic E-state index is 0.201. The van der Waals surface area contributed by atoms with Crippen LogP contribution in [0.5, 0.6) is 0 Å². The minimum atomic E-state index is -0.201. The molecule has 2 nitrogen and oxygen atoms in total. The van der Waals surface area contributed by atoms with E-state index >= 15 is 0 Å². The van der Waals surface area contributed by atoms with Gasteiger partial charge in [-0.1, -0.05) is 12.8 Å². The van der Waals surface area contributed by atoms with E-state index in [0.717, 1.165) is 42.2 Å². The molecule has 2 aromatic rings. The highest BCUT2D eigenvalue weighted by Gasteiger charge is 2.22. The molecule has 4 heteroatoms. The molecule has 1 fully saturated rings. The predicted molar refractivity (Wildman–Crippen MR) is 71.5 cm³/mol. The molecule has 0 bridgehead atoms. The number of hydrogen-bond acceptors (Lipinski definition) is 1. The summed E-state index contributed by atoms with van der Waals surface area (Å²) < 4.78 is 15.5. The van der Waals surface area contributed by atoms with Gasteiger partial charge in [-0.15, -0.1) is 11.6 Å². The molecule has 1 aliphatic rings. The number of nitrogens with zero attached hydrogens (tertiary/aromatic N) is 2. The van der Waals surface area contributed by atoms with Gasteiger partial charge >= 0.3 is 0 Å². The third-order valence-electron chi connectivity index (χ3n) is 3.57. The summed E-state index contributed by atoms with van der Waals surface area (Å²) in [7, 11) is 0. The van der Waals surface area contributed by atoms with Gasteiger partial charge in [0.1, 0.15) is 11.6 Å². The van der Waals surface area contributed by atoms with Crippen LogP contribution in [0.2, 0.25) is 0 Å². The molecule has 1 heterocycles. The Kier molecular flexibility index (Phi) is 3.25. The molecule has 0 atom stereocenters. The molecule has 0 N–H and O–H groups in total. The van der Waals surface area contributed by atoms with Gasteiger partial charge in [0, 0.05) is 18.8 Å². The van der Waals surface area contributed by atoms with Crippen LogP contribution >= 0.6 is 11.6 Å². The smallest absolute Gasteiger partial charge is 0.125 e. The maximum atomic E-state index is 13.4. The first-order chi connectivity index (χ1) is 8.78. The predicted octanol–water partition coefficient (Wildman–Crippen LogP) is 3.76. The van der Waals surface area contributed by atoms with Crippen molar-refractivity contribution in [3.05, 3.63) is 29.8 Å². The summed E-state index contributed by atoms with van der Waals surface area (Å²) in [5, 5.41) is 0. The van der Waals surface area contributed by atoms with Crippen molar-refractivity contribution >= 4 is 22.6 Å². The SMILES string of the molecule is Fc1ccc2nc(CCCl)n(CCC3CC3)c2c1. The van der Waals surface area contributed by atoms with Crippen LogP contribution in [-0.4, -0.2) is 15.4 Å². The molecule has 0 spiro atoms. The van der Waals surface area contributed by atoms with Crippen LogP contribution in [0.15, 0.2) is 18.2 Å². The fourth-order valence-electron chi connectivity index (χ4n) is 2.39. The zero-order valence-electron chi connectivity index (χ0n) is 10.2. The van der Waals surface area contributed by atoms with Crippen molar-refractivity contribution in [3.8, 4) is 0 Å². The number of benzene rings is 1. The number of imidazole rings is 1. The van der Waals surface area contributed by atoms with E-state index in [2.05, 4.69) is 9.55 Å². The third-order valence-corrected chi connectivity index (χ3v) is 3.75. The quantitative estimate of drug-likeness (QED) is 0.754. The summed E-state index contributed by atoms with van der Waals surface area (Å²) in [6.45, 7) is 0.927. The Bertz CT molecular complexity index is 560. The van der Waals surface area contributed by atoms with Crippen molar-refractivity contribution in [1.82, 2.24) is 9.55 Å². The first kappa shape index (κ1) is 12.0. The zero-order chi connectivity index (χ0) is 12.5. The molecule has 1 saturated carbocycles. The van der Waals surface area contributed by atoms with Gasteiger partial charge in [0.2, 0.25) is 0 Å². The molecule has 0 unspecified atom stereocenters. The van der Waals surface area contributed by atoms with E-state index < -0.39 is 0 Å². The normalized spacial score (nSPS) is 15.4. The van der Waals surface area contributed by atoms with E-state index in [-0.39, 0.29) is 5.82 Å². The topological polar surface area (TPSA) is 17.8 Å². The number of aromatic nitrogens is 2. The van der Waals surface area contributed by atoms with Gasteiger partial charge in [0.25, 0.3) is 0 Å². The lowest BCUT2D eigenvalue weighted by atomic mass is 10.2. The lowest BCUT2D eigenvalue weighted by Crippen LogP contribution is -2.05. The fourth-order valence-corrected chi connectivity index (χ4v) is 2.56. The Balaban J connectivity index is 1.98. The molecular weight excluding hydrogens is 251 g/mol. The average Bonchev–Trinajstić information content (AvgIpc) is 3.11. The van der Waals surface area contributed by atoms with Gasteiger partial charge in [-0.3, -0.25) is 0 Å². The molecule has 1 aliphatic carbocycles. The number of halogens is 2. The summed E-state index contributed by atoms with van der Waals surface area (Å²) >= 11 is 5.81. The van der Waals surface area contributed by atoms with Gasteiger partial charge in [-0.05, 0) is 30.5 Å². The second-order valence-corrected chi connectivity index (χ2v) is 5.36. The van der Waals surface area contributed by atoms with Crippen molar-refractivity contribution in [1.29, 1.82) is 0 Å². The highest BCUT2D eigenvalue weighted by atomic mass is 35.5. The molecule has 18 heavy (non-hydrogen) atoms. The van der Waals surface area contributed by atoms with Gasteiger partial charge in [0.05, 0.1) is 11.0 Å². The van der Waals surface area contributed by atoms with Gasteiger partial charge in [-0.25, -0.2) is 9.37 Å². The van der Waals surface area contributed by atoms with Crippen molar-refractivity contribution in [2.45, 2.75) is 32.2 Å². The summed E-state index contributed by atoms with van der Waals surface area (Å²) in [5.74, 6) is 2.19. The van der Waals surface area contributed by atoms with E-state index in [1.807, 2.05) is 0 Å². The molecule has 0 radical (unpaired) electrons. The van der Waals surface area contributed by atoms with Crippen LogP contribution in [0.4, 0.5) is 4.39 Å². The summed E-state index contributed by atoms with van der Waals surface area (Å²) in [6, 6.07) is 4.79. The second kappa shape index (κ2) is 4.88. The van der Waals surface area contributed by atoms with Crippen molar-refractivity contribution < 1.29 is 4.39 Å². The Morgan fingerprint density at radius 1 is 1.39 bits per heavy atom. The summed E-state index contributed by atoms with van der Waals surface area (Å²) in [6.07, 6.45) is 4.58. The van der Waals surface area contributed by atoms with E-state index in [1.165, 1.54) is 18.9 Å². The zero-order valence-corrected chi connectivity index (χ0v) is 11.0. The monoisotopic (exact) mass is 266 g/mol. The molecule has 1 aromatic heterocycles. The van der Waals surface area contributed by atoms with E-state index in [0.29, 0.717) is 5.88 Å². The number of rotatable bonds is 5. The summed E-state index contributed by atoms with van der Waals surface area (Å²) in [4.78, 5) is 4.55. The van der Waals surface area contributed by atoms with Crippen LogP contribution in [0, 0.1) is 11.7 Å². The Hall–Kier alpha value is -1.09. The Morgan fingerprint density at radius 3 is 2.94 bits per heavy atom. The van der Waals surface area contributed by atoms with Crippen LogP contribution in [0.1, 0.15) is 25.1 Å². The van der Waals surface area contributed by atoms with Crippen LogP contribution in [-0.2, 0) is 13.0 Å². The van der Waals surface area contributed by atoms with Crippen LogP contribution in [0.25, 0.3) is 11.0 Å². The molecule has 3 rings (SSSR count). The molecule has 0 aliphatic heterocycles. The number of hydrogen-bond donors (Lipinski definition) is 0. The lowest BCUT2D eigenvalue weighted by Gasteiger charge is -2.07. The number of aryl methyl sites for hydroxylation is 2. The molecule has 96 valence electrons.